The van der Waals surface area contributed by atoms with Crippen LogP contribution in [-0.2, 0) is 4.79 Å². The third kappa shape index (κ3) is 4.10. The average molecular weight is 172 g/mol. The van der Waals surface area contributed by atoms with E-state index < -0.39 is 11.5 Å². The molecule has 0 heterocycles. The van der Waals surface area contributed by atoms with E-state index in [4.69, 9.17) is 16.6 Å². The highest BCUT2D eigenvalue weighted by Gasteiger charge is 2.23. The second-order valence-electron chi connectivity index (χ2n) is 2.92. The lowest BCUT2D eigenvalue weighted by Gasteiger charge is -2.12. The first-order valence-corrected chi connectivity index (χ1v) is 3.90. The van der Waals surface area contributed by atoms with Crippen LogP contribution in [0.2, 0.25) is 0 Å². The largest absolute Gasteiger partial charge is 0.480 e. The zero-order chi connectivity index (χ0) is 9.61. The maximum Gasteiger partial charge on any atom is 0.327 e. The molecule has 5 N–H and O–H groups in total. The van der Waals surface area contributed by atoms with Crippen LogP contribution in [0.1, 0.15) is 19.8 Å². The summed E-state index contributed by atoms with van der Waals surface area (Å²) in [5, 5.41) is 8.60. The Morgan fingerprint density at radius 1 is 1.67 bits per heavy atom. The van der Waals surface area contributed by atoms with Crippen LogP contribution < -0.4 is 11.5 Å². The first kappa shape index (κ1) is 11.1. The number of rotatable bonds is 5. The fraction of sp³-hybridized carbons (Fsp3) is 0.625. The van der Waals surface area contributed by atoms with Gasteiger partial charge in [-0.1, -0.05) is 12.2 Å². The van der Waals surface area contributed by atoms with E-state index in [1.165, 1.54) is 13.0 Å². The Hall–Kier alpha value is -0.870. The molecule has 0 bridgehead atoms. The zero-order valence-corrected chi connectivity index (χ0v) is 7.29. The minimum atomic E-state index is -1.26. The van der Waals surface area contributed by atoms with E-state index in [-0.39, 0.29) is 0 Å². The summed E-state index contributed by atoms with van der Waals surface area (Å²) in [4.78, 5) is 10.5. The quantitative estimate of drug-likeness (QED) is 0.405. The normalized spacial score (nSPS) is 16.2. The molecule has 0 aromatic carbocycles. The fourth-order valence-electron chi connectivity index (χ4n) is 0.635. The van der Waals surface area contributed by atoms with E-state index in [1.54, 1.807) is 6.08 Å². The predicted octanol–water partition coefficient (Wildman–Crippen LogP) is 0.0835. The SMILES string of the molecule is CC(N)(/C=C\CCCN)C(=O)O. The molecule has 1 atom stereocenters. The minimum Gasteiger partial charge on any atom is -0.480 e. The van der Waals surface area contributed by atoms with Crippen molar-refractivity contribution in [3.8, 4) is 0 Å². The molecule has 0 aromatic rings. The summed E-state index contributed by atoms with van der Waals surface area (Å²) in [5.41, 5.74) is 9.43. The lowest BCUT2D eigenvalue weighted by molar-refractivity contribution is -0.140. The lowest BCUT2D eigenvalue weighted by atomic mass is 10.0. The van der Waals surface area contributed by atoms with Gasteiger partial charge in [0.25, 0.3) is 0 Å². The van der Waals surface area contributed by atoms with Crippen LogP contribution in [0.25, 0.3) is 0 Å². The number of aliphatic carboxylic acids is 1. The highest BCUT2D eigenvalue weighted by atomic mass is 16.4. The molecule has 0 aliphatic heterocycles. The number of hydrogen-bond donors (Lipinski definition) is 3. The molecule has 4 nitrogen and oxygen atoms in total. The highest BCUT2D eigenvalue weighted by Crippen LogP contribution is 2.02. The Kier molecular flexibility index (Phi) is 4.54. The molecule has 0 amide bonds. The smallest absolute Gasteiger partial charge is 0.327 e. The van der Waals surface area contributed by atoms with E-state index in [0.29, 0.717) is 6.54 Å². The minimum absolute atomic E-state index is 0.610. The molecule has 0 aliphatic rings. The molecule has 4 heteroatoms. The van der Waals surface area contributed by atoms with Crippen LogP contribution in [0.15, 0.2) is 12.2 Å². The number of allylic oxidation sites excluding steroid dienone is 1. The van der Waals surface area contributed by atoms with Crippen LogP contribution in [0, 0.1) is 0 Å². The molecule has 0 rings (SSSR count). The molecule has 1 unspecified atom stereocenters. The van der Waals surface area contributed by atoms with E-state index in [1.807, 2.05) is 0 Å². The summed E-state index contributed by atoms with van der Waals surface area (Å²) in [6, 6.07) is 0. The van der Waals surface area contributed by atoms with Gasteiger partial charge in [0, 0.05) is 0 Å². The van der Waals surface area contributed by atoms with Crippen molar-refractivity contribution in [1.29, 1.82) is 0 Å². The summed E-state index contributed by atoms with van der Waals surface area (Å²) in [5.74, 6) is -1.02. The van der Waals surface area contributed by atoms with Gasteiger partial charge in [0.05, 0.1) is 0 Å². The fourth-order valence-corrected chi connectivity index (χ4v) is 0.635. The van der Waals surface area contributed by atoms with Crippen LogP contribution in [-0.4, -0.2) is 23.2 Å². The summed E-state index contributed by atoms with van der Waals surface area (Å²) in [7, 11) is 0. The van der Waals surface area contributed by atoms with Crippen LogP contribution in [0.5, 0.6) is 0 Å². The van der Waals surface area contributed by atoms with Crippen molar-refractivity contribution in [1.82, 2.24) is 0 Å². The number of unbranched alkanes of at least 4 members (excludes halogenated alkanes) is 1. The van der Waals surface area contributed by atoms with E-state index in [2.05, 4.69) is 0 Å². The number of carbonyl (C=O) groups is 1. The van der Waals surface area contributed by atoms with Gasteiger partial charge in [0.15, 0.2) is 0 Å². The highest BCUT2D eigenvalue weighted by molar-refractivity contribution is 5.80. The van der Waals surface area contributed by atoms with Crippen molar-refractivity contribution < 1.29 is 9.90 Å². The van der Waals surface area contributed by atoms with Crippen molar-refractivity contribution >= 4 is 5.97 Å². The van der Waals surface area contributed by atoms with Gasteiger partial charge in [-0.2, -0.15) is 0 Å². The number of nitrogens with two attached hydrogens (primary N) is 2. The molecule has 0 radical (unpaired) electrons. The first-order chi connectivity index (χ1) is 5.50. The van der Waals surface area contributed by atoms with E-state index >= 15 is 0 Å². The maximum absolute atomic E-state index is 10.5. The standard InChI is InChI=1S/C8H16N2O2/c1-8(10,7(11)12)5-3-2-4-6-9/h3,5H,2,4,6,9-10H2,1H3,(H,11,12)/b5-3-. The van der Waals surface area contributed by atoms with E-state index in [0.717, 1.165) is 12.8 Å². The number of hydrogen-bond acceptors (Lipinski definition) is 3. The summed E-state index contributed by atoms with van der Waals surface area (Å²) in [6.45, 7) is 2.06. The monoisotopic (exact) mass is 172 g/mol. The van der Waals surface area contributed by atoms with Crippen molar-refractivity contribution in [3.05, 3.63) is 12.2 Å². The predicted molar refractivity (Wildman–Crippen MR) is 47.7 cm³/mol. The van der Waals surface area contributed by atoms with Gasteiger partial charge in [-0.05, 0) is 26.3 Å². The lowest BCUT2D eigenvalue weighted by Crippen LogP contribution is -2.42. The first-order valence-electron chi connectivity index (χ1n) is 3.90. The Bertz CT molecular complexity index is 176. The second-order valence-corrected chi connectivity index (χ2v) is 2.92. The topological polar surface area (TPSA) is 89.3 Å². The average Bonchev–Trinajstić information content (AvgIpc) is 1.98. The van der Waals surface area contributed by atoms with Crippen LogP contribution in [0.4, 0.5) is 0 Å². The molecule has 0 saturated heterocycles. The third-order valence-electron chi connectivity index (χ3n) is 1.50. The van der Waals surface area contributed by atoms with Crippen molar-refractivity contribution in [2.24, 2.45) is 11.5 Å². The molecule has 0 fully saturated rings. The Balaban J connectivity index is 3.88. The van der Waals surface area contributed by atoms with Gasteiger partial charge in [-0.15, -0.1) is 0 Å². The molecule has 0 aliphatic carbocycles. The second kappa shape index (κ2) is 4.90. The van der Waals surface area contributed by atoms with Gasteiger partial charge in [-0.3, -0.25) is 0 Å². The molecular weight excluding hydrogens is 156 g/mol. The van der Waals surface area contributed by atoms with Gasteiger partial charge in [0.1, 0.15) is 5.54 Å². The number of carboxylic acids is 1. The molecular formula is C8H16N2O2. The Morgan fingerprint density at radius 3 is 2.67 bits per heavy atom. The van der Waals surface area contributed by atoms with Gasteiger partial charge >= 0.3 is 5.97 Å². The zero-order valence-electron chi connectivity index (χ0n) is 7.29. The Morgan fingerprint density at radius 2 is 2.25 bits per heavy atom. The van der Waals surface area contributed by atoms with Crippen molar-refractivity contribution in [3.63, 3.8) is 0 Å². The molecule has 0 saturated carbocycles. The third-order valence-corrected chi connectivity index (χ3v) is 1.50. The van der Waals surface area contributed by atoms with Gasteiger partial charge in [-0.25, -0.2) is 4.79 Å². The number of carboxylic acid groups (broad SMARTS) is 1. The molecule has 0 spiro atoms. The summed E-state index contributed by atoms with van der Waals surface area (Å²) in [6.07, 6.45) is 4.87. The summed E-state index contributed by atoms with van der Waals surface area (Å²) < 4.78 is 0. The van der Waals surface area contributed by atoms with Gasteiger partial charge in [0.2, 0.25) is 0 Å². The van der Waals surface area contributed by atoms with Crippen molar-refractivity contribution in [2.75, 3.05) is 6.54 Å². The molecule has 12 heavy (non-hydrogen) atoms. The van der Waals surface area contributed by atoms with Crippen LogP contribution >= 0.6 is 0 Å². The summed E-state index contributed by atoms with van der Waals surface area (Å²) >= 11 is 0. The Labute approximate surface area is 72.2 Å². The van der Waals surface area contributed by atoms with E-state index in [9.17, 15) is 4.79 Å². The van der Waals surface area contributed by atoms with Gasteiger partial charge < -0.3 is 16.6 Å². The molecule has 0 aromatic heterocycles. The maximum atomic E-state index is 10.5. The van der Waals surface area contributed by atoms with Crippen molar-refractivity contribution in [2.45, 2.75) is 25.3 Å². The molecule has 70 valence electrons. The van der Waals surface area contributed by atoms with Crippen LogP contribution in [0.3, 0.4) is 0 Å².